The Hall–Kier alpha value is -3.53. The summed E-state index contributed by atoms with van der Waals surface area (Å²) in [6, 6.07) is 26.1. The van der Waals surface area contributed by atoms with Crippen molar-refractivity contribution in [3.05, 3.63) is 78.9 Å². The van der Waals surface area contributed by atoms with Crippen LogP contribution in [0.25, 0.3) is 33.2 Å². The zero-order valence-electron chi connectivity index (χ0n) is 13.4. The monoisotopic (exact) mass is 325 g/mol. The number of hydrogen-bond donors (Lipinski definition) is 2. The number of aromatic amines is 2. The van der Waals surface area contributed by atoms with Crippen LogP contribution in [0, 0.1) is 0 Å². The molecule has 0 atom stereocenters. The maximum atomic E-state index is 5.95. The number of para-hydroxylation sites is 2. The number of nitrogens with zero attached hydrogens (tertiary/aromatic N) is 1. The summed E-state index contributed by atoms with van der Waals surface area (Å²) in [5.74, 6) is 1.61. The molecule has 0 amide bonds. The second-order valence-corrected chi connectivity index (χ2v) is 5.96. The van der Waals surface area contributed by atoms with Gasteiger partial charge in [-0.3, -0.25) is 5.10 Å². The Morgan fingerprint density at radius 2 is 1.56 bits per heavy atom. The second kappa shape index (κ2) is 5.53. The minimum absolute atomic E-state index is 0.789. The first-order valence-electron chi connectivity index (χ1n) is 8.16. The molecule has 120 valence electrons. The van der Waals surface area contributed by atoms with E-state index >= 15 is 0 Å². The maximum Gasteiger partial charge on any atom is 0.128 e. The average Bonchev–Trinajstić information content (AvgIpc) is 3.25. The van der Waals surface area contributed by atoms with Crippen molar-refractivity contribution in [2.24, 2.45) is 0 Å². The Morgan fingerprint density at radius 1 is 0.720 bits per heavy atom. The molecule has 2 N–H and O–H groups in total. The molecule has 4 heteroatoms. The van der Waals surface area contributed by atoms with Crippen molar-refractivity contribution in [1.29, 1.82) is 0 Å². The summed E-state index contributed by atoms with van der Waals surface area (Å²) >= 11 is 0. The van der Waals surface area contributed by atoms with Crippen LogP contribution in [-0.2, 0) is 0 Å². The van der Waals surface area contributed by atoms with Crippen molar-refractivity contribution in [1.82, 2.24) is 15.2 Å². The lowest BCUT2D eigenvalue weighted by molar-refractivity contribution is 0.483. The van der Waals surface area contributed by atoms with Crippen LogP contribution in [0.2, 0.25) is 0 Å². The number of ether oxygens (including phenoxy) is 1. The van der Waals surface area contributed by atoms with Gasteiger partial charge in [-0.05, 0) is 42.5 Å². The molecule has 25 heavy (non-hydrogen) atoms. The molecular formula is C21H15N3O. The topological polar surface area (TPSA) is 53.7 Å². The third-order valence-corrected chi connectivity index (χ3v) is 4.30. The van der Waals surface area contributed by atoms with Gasteiger partial charge in [0.25, 0.3) is 0 Å². The molecule has 0 saturated carbocycles. The molecule has 5 aromatic rings. The van der Waals surface area contributed by atoms with Gasteiger partial charge in [0.1, 0.15) is 17.2 Å². The number of H-pyrrole nitrogens is 2. The normalized spacial score (nSPS) is 11.2. The second-order valence-electron chi connectivity index (χ2n) is 5.96. The highest BCUT2D eigenvalue weighted by Gasteiger charge is 2.12. The molecule has 0 unspecified atom stereocenters. The number of benzene rings is 3. The summed E-state index contributed by atoms with van der Waals surface area (Å²) in [6.45, 7) is 0. The number of nitrogens with one attached hydrogen (secondary N) is 2. The van der Waals surface area contributed by atoms with E-state index in [0.29, 0.717) is 0 Å². The van der Waals surface area contributed by atoms with Gasteiger partial charge in [-0.15, -0.1) is 0 Å². The van der Waals surface area contributed by atoms with Gasteiger partial charge < -0.3 is 9.72 Å². The van der Waals surface area contributed by atoms with Gasteiger partial charge in [0.2, 0.25) is 0 Å². The van der Waals surface area contributed by atoms with Crippen molar-refractivity contribution in [2.45, 2.75) is 0 Å². The van der Waals surface area contributed by atoms with Gasteiger partial charge in [-0.25, -0.2) is 0 Å². The first-order valence-corrected chi connectivity index (χ1v) is 8.16. The predicted octanol–water partition coefficient (Wildman–Crippen LogP) is 5.50. The quantitative estimate of drug-likeness (QED) is 0.460. The summed E-state index contributed by atoms with van der Waals surface area (Å²) in [5.41, 5.74) is 3.97. The Balaban J connectivity index is 1.60. The van der Waals surface area contributed by atoms with E-state index in [1.807, 2.05) is 60.7 Å². The van der Waals surface area contributed by atoms with Crippen molar-refractivity contribution in [3.8, 4) is 22.9 Å². The van der Waals surface area contributed by atoms with Crippen LogP contribution in [0.3, 0.4) is 0 Å². The van der Waals surface area contributed by atoms with E-state index < -0.39 is 0 Å². The lowest BCUT2D eigenvalue weighted by Gasteiger charge is -2.05. The van der Waals surface area contributed by atoms with E-state index in [0.717, 1.165) is 39.3 Å². The zero-order chi connectivity index (χ0) is 16.6. The third-order valence-electron chi connectivity index (χ3n) is 4.30. The standard InChI is InChI=1S/C21H15N3O/c1-2-7-15(8-3-1)25-16-10-11-19-17(13-16)21(24-23-19)20-12-14-6-4-5-9-18(14)22-20/h1-13,22H,(H,23,24). The Bertz CT molecular complexity index is 1140. The molecule has 0 saturated heterocycles. The molecule has 5 rings (SSSR count). The summed E-state index contributed by atoms with van der Waals surface area (Å²) in [5, 5.41) is 9.79. The van der Waals surface area contributed by atoms with Gasteiger partial charge in [0.05, 0.1) is 11.2 Å². The van der Waals surface area contributed by atoms with Gasteiger partial charge in [-0.2, -0.15) is 5.10 Å². The Labute approximate surface area is 144 Å². The van der Waals surface area contributed by atoms with Gasteiger partial charge in [0, 0.05) is 16.3 Å². The fraction of sp³-hybridized carbons (Fsp3) is 0. The van der Waals surface area contributed by atoms with Gasteiger partial charge >= 0.3 is 0 Å². The third kappa shape index (κ3) is 2.44. The van der Waals surface area contributed by atoms with Crippen LogP contribution in [0.5, 0.6) is 11.5 Å². The van der Waals surface area contributed by atoms with E-state index in [1.165, 1.54) is 5.39 Å². The van der Waals surface area contributed by atoms with E-state index in [2.05, 4.69) is 33.4 Å². The first-order chi connectivity index (χ1) is 12.4. The van der Waals surface area contributed by atoms with Crippen LogP contribution in [0.4, 0.5) is 0 Å². The average molecular weight is 325 g/mol. The highest BCUT2D eigenvalue weighted by atomic mass is 16.5. The summed E-state index contributed by atoms with van der Waals surface area (Å²) in [6.07, 6.45) is 0. The van der Waals surface area contributed by atoms with Gasteiger partial charge in [-0.1, -0.05) is 36.4 Å². The zero-order valence-corrected chi connectivity index (χ0v) is 13.4. The van der Waals surface area contributed by atoms with E-state index in [4.69, 9.17) is 4.74 Å². The predicted molar refractivity (Wildman–Crippen MR) is 99.9 cm³/mol. The molecule has 0 aliphatic rings. The van der Waals surface area contributed by atoms with Crippen molar-refractivity contribution < 1.29 is 4.74 Å². The number of rotatable bonds is 3. The largest absolute Gasteiger partial charge is 0.457 e. The summed E-state index contributed by atoms with van der Waals surface area (Å²) < 4.78 is 5.95. The lowest BCUT2D eigenvalue weighted by atomic mass is 10.1. The minimum atomic E-state index is 0.789. The molecule has 0 bridgehead atoms. The number of hydrogen-bond acceptors (Lipinski definition) is 2. The first kappa shape index (κ1) is 13.9. The highest BCUT2D eigenvalue weighted by Crippen LogP contribution is 2.32. The number of fused-ring (bicyclic) bond motifs is 2. The smallest absolute Gasteiger partial charge is 0.128 e. The van der Waals surface area contributed by atoms with Crippen molar-refractivity contribution in [3.63, 3.8) is 0 Å². The number of aromatic nitrogens is 3. The van der Waals surface area contributed by atoms with E-state index in [-0.39, 0.29) is 0 Å². The minimum Gasteiger partial charge on any atom is -0.457 e. The Morgan fingerprint density at radius 3 is 2.44 bits per heavy atom. The van der Waals surface area contributed by atoms with Crippen molar-refractivity contribution in [2.75, 3.05) is 0 Å². The molecule has 4 nitrogen and oxygen atoms in total. The fourth-order valence-corrected chi connectivity index (χ4v) is 3.09. The van der Waals surface area contributed by atoms with Crippen LogP contribution < -0.4 is 4.74 Å². The van der Waals surface area contributed by atoms with Gasteiger partial charge in [0.15, 0.2) is 0 Å². The molecule has 0 spiro atoms. The van der Waals surface area contributed by atoms with Crippen LogP contribution >= 0.6 is 0 Å². The van der Waals surface area contributed by atoms with Crippen LogP contribution in [0.15, 0.2) is 78.9 Å². The lowest BCUT2D eigenvalue weighted by Crippen LogP contribution is -1.84. The van der Waals surface area contributed by atoms with E-state index in [1.54, 1.807) is 0 Å². The Kier molecular flexibility index (Phi) is 3.07. The molecule has 2 aromatic heterocycles. The van der Waals surface area contributed by atoms with Crippen molar-refractivity contribution >= 4 is 21.8 Å². The molecular weight excluding hydrogens is 310 g/mol. The molecule has 0 aliphatic heterocycles. The summed E-state index contributed by atoms with van der Waals surface area (Å²) in [7, 11) is 0. The molecule has 0 aliphatic carbocycles. The maximum absolute atomic E-state index is 5.95. The fourth-order valence-electron chi connectivity index (χ4n) is 3.09. The molecule has 0 fully saturated rings. The van der Waals surface area contributed by atoms with Crippen LogP contribution in [0.1, 0.15) is 0 Å². The molecule has 2 heterocycles. The molecule has 3 aromatic carbocycles. The van der Waals surface area contributed by atoms with E-state index in [9.17, 15) is 0 Å². The van der Waals surface area contributed by atoms with Crippen LogP contribution in [-0.4, -0.2) is 15.2 Å². The summed E-state index contributed by atoms with van der Waals surface area (Å²) in [4.78, 5) is 3.44. The SMILES string of the molecule is c1ccc(Oc2ccc3[nH]nc(-c4cc5ccccc5[nH]4)c3c2)cc1. The molecule has 0 radical (unpaired) electrons. The highest BCUT2D eigenvalue weighted by molar-refractivity contribution is 5.96.